The fraction of sp³-hybridized carbons (Fsp3) is 1.00. The molecular formula is C9H20O2. The van der Waals surface area contributed by atoms with E-state index in [9.17, 15) is 5.11 Å². The monoisotopic (exact) mass is 160 g/mol. The lowest BCUT2D eigenvalue weighted by molar-refractivity contribution is -0.0603. The van der Waals surface area contributed by atoms with E-state index in [0.717, 1.165) is 0 Å². The van der Waals surface area contributed by atoms with Crippen molar-refractivity contribution < 1.29 is 9.84 Å². The molecule has 68 valence electrons. The largest absolute Gasteiger partial charge is 0.390 e. The van der Waals surface area contributed by atoms with Gasteiger partial charge in [-0.15, -0.1) is 0 Å². The summed E-state index contributed by atoms with van der Waals surface area (Å²) in [6.07, 6.45) is -0.339. The standard InChI is InChI=1S/C9H20O2/c1-7(2)8(10)6-11-9(3,4)5/h7-8,10H,6H2,1-5H3. The molecule has 0 saturated carbocycles. The van der Waals surface area contributed by atoms with Gasteiger partial charge >= 0.3 is 0 Å². The van der Waals surface area contributed by atoms with E-state index in [2.05, 4.69) is 0 Å². The first kappa shape index (κ1) is 10.9. The number of ether oxygens (including phenoxy) is 1. The molecule has 0 aromatic heterocycles. The molecule has 11 heavy (non-hydrogen) atoms. The van der Waals surface area contributed by atoms with Crippen LogP contribution in [0.1, 0.15) is 34.6 Å². The minimum Gasteiger partial charge on any atom is -0.390 e. The van der Waals surface area contributed by atoms with Gasteiger partial charge in [0.05, 0.1) is 18.3 Å². The highest BCUT2D eigenvalue weighted by Crippen LogP contribution is 2.09. The Bertz CT molecular complexity index is 103. The molecule has 0 fully saturated rings. The minimum absolute atomic E-state index is 0.143. The van der Waals surface area contributed by atoms with Gasteiger partial charge in [-0.3, -0.25) is 0 Å². The second-order valence-corrected chi connectivity index (χ2v) is 4.23. The van der Waals surface area contributed by atoms with Crippen LogP contribution in [0.5, 0.6) is 0 Å². The summed E-state index contributed by atoms with van der Waals surface area (Å²) in [5.41, 5.74) is -0.143. The molecule has 0 bridgehead atoms. The van der Waals surface area contributed by atoms with Crippen LogP contribution in [0.2, 0.25) is 0 Å². The van der Waals surface area contributed by atoms with Crippen molar-refractivity contribution in [2.75, 3.05) is 6.61 Å². The van der Waals surface area contributed by atoms with Crippen LogP contribution in [-0.2, 0) is 4.74 Å². The van der Waals surface area contributed by atoms with E-state index in [4.69, 9.17) is 4.74 Å². The van der Waals surface area contributed by atoms with Gasteiger partial charge in [-0.1, -0.05) is 13.8 Å². The molecule has 0 radical (unpaired) electrons. The molecule has 2 heteroatoms. The van der Waals surface area contributed by atoms with Gasteiger partial charge < -0.3 is 9.84 Å². The topological polar surface area (TPSA) is 29.5 Å². The molecule has 0 spiro atoms. The summed E-state index contributed by atoms with van der Waals surface area (Å²) in [5.74, 6) is 0.275. The highest BCUT2D eigenvalue weighted by molar-refractivity contribution is 4.63. The maximum Gasteiger partial charge on any atom is 0.0796 e. The molecule has 1 N–H and O–H groups in total. The Labute approximate surface area is 69.6 Å². The zero-order valence-corrected chi connectivity index (χ0v) is 8.22. The van der Waals surface area contributed by atoms with Gasteiger partial charge in [-0.25, -0.2) is 0 Å². The number of aliphatic hydroxyl groups excluding tert-OH is 1. The van der Waals surface area contributed by atoms with Crippen LogP contribution < -0.4 is 0 Å². The van der Waals surface area contributed by atoms with E-state index < -0.39 is 0 Å². The Kier molecular flexibility index (Phi) is 4.04. The average Bonchev–Trinajstić information content (AvgIpc) is 1.80. The molecule has 0 aliphatic carbocycles. The van der Waals surface area contributed by atoms with Gasteiger partial charge in [0.1, 0.15) is 0 Å². The summed E-state index contributed by atoms with van der Waals surface area (Å²) in [6.45, 7) is 10.4. The third-order valence-corrected chi connectivity index (χ3v) is 1.46. The second-order valence-electron chi connectivity index (χ2n) is 4.23. The third-order valence-electron chi connectivity index (χ3n) is 1.46. The summed E-state index contributed by atoms with van der Waals surface area (Å²) in [6, 6.07) is 0. The van der Waals surface area contributed by atoms with Gasteiger partial charge in [0.2, 0.25) is 0 Å². The van der Waals surface area contributed by atoms with Crippen molar-refractivity contribution in [2.45, 2.75) is 46.3 Å². The number of hydrogen-bond acceptors (Lipinski definition) is 2. The normalized spacial score (nSPS) is 15.5. The summed E-state index contributed by atoms with van der Waals surface area (Å²) in [5, 5.41) is 9.36. The van der Waals surface area contributed by atoms with E-state index in [-0.39, 0.29) is 17.6 Å². The molecule has 0 aromatic rings. The first-order valence-corrected chi connectivity index (χ1v) is 4.15. The van der Waals surface area contributed by atoms with E-state index in [1.807, 2.05) is 34.6 Å². The van der Waals surface area contributed by atoms with Crippen molar-refractivity contribution in [2.24, 2.45) is 5.92 Å². The Morgan fingerprint density at radius 2 is 1.73 bits per heavy atom. The molecular weight excluding hydrogens is 140 g/mol. The molecule has 0 aliphatic heterocycles. The summed E-state index contributed by atoms with van der Waals surface area (Å²) >= 11 is 0. The van der Waals surface area contributed by atoms with Gasteiger partial charge in [0, 0.05) is 0 Å². The van der Waals surface area contributed by atoms with E-state index in [1.165, 1.54) is 0 Å². The lowest BCUT2D eigenvalue weighted by Gasteiger charge is -2.23. The zero-order valence-electron chi connectivity index (χ0n) is 8.22. The molecule has 0 rings (SSSR count). The summed E-state index contributed by atoms with van der Waals surface area (Å²) in [7, 11) is 0. The van der Waals surface area contributed by atoms with Gasteiger partial charge in [0.15, 0.2) is 0 Å². The average molecular weight is 160 g/mol. The summed E-state index contributed by atoms with van der Waals surface area (Å²) in [4.78, 5) is 0. The first-order chi connectivity index (χ1) is 4.83. The smallest absolute Gasteiger partial charge is 0.0796 e. The zero-order chi connectivity index (χ0) is 9.07. The predicted molar refractivity (Wildman–Crippen MR) is 46.5 cm³/mol. The van der Waals surface area contributed by atoms with E-state index >= 15 is 0 Å². The van der Waals surface area contributed by atoms with Crippen LogP contribution in [0.3, 0.4) is 0 Å². The van der Waals surface area contributed by atoms with E-state index in [1.54, 1.807) is 0 Å². The van der Waals surface area contributed by atoms with Gasteiger partial charge in [0.25, 0.3) is 0 Å². The molecule has 0 aliphatic rings. The molecule has 1 atom stereocenters. The maximum absolute atomic E-state index is 9.36. The third kappa shape index (κ3) is 6.32. The van der Waals surface area contributed by atoms with Crippen molar-refractivity contribution in [3.05, 3.63) is 0 Å². The lowest BCUT2D eigenvalue weighted by atomic mass is 10.1. The van der Waals surface area contributed by atoms with Crippen molar-refractivity contribution in [3.63, 3.8) is 0 Å². The fourth-order valence-corrected chi connectivity index (χ4v) is 0.528. The van der Waals surface area contributed by atoms with Crippen LogP contribution in [0.4, 0.5) is 0 Å². The maximum atomic E-state index is 9.36. The van der Waals surface area contributed by atoms with Crippen LogP contribution in [-0.4, -0.2) is 23.4 Å². The Morgan fingerprint density at radius 1 is 1.27 bits per heavy atom. The predicted octanol–water partition coefficient (Wildman–Crippen LogP) is 1.82. The quantitative estimate of drug-likeness (QED) is 0.682. The second kappa shape index (κ2) is 4.07. The Hall–Kier alpha value is -0.0800. The first-order valence-electron chi connectivity index (χ1n) is 4.15. The molecule has 0 saturated heterocycles. The lowest BCUT2D eigenvalue weighted by Crippen LogP contribution is -2.28. The molecule has 1 unspecified atom stereocenters. The fourth-order valence-electron chi connectivity index (χ4n) is 0.528. The van der Waals surface area contributed by atoms with Crippen molar-refractivity contribution in [1.29, 1.82) is 0 Å². The van der Waals surface area contributed by atoms with Crippen LogP contribution in [0, 0.1) is 5.92 Å². The minimum atomic E-state index is -0.339. The Balaban J connectivity index is 3.54. The molecule has 0 amide bonds. The number of hydrogen-bond donors (Lipinski definition) is 1. The van der Waals surface area contributed by atoms with Crippen LogP contribution >= 0.6 is 0 Å². The Morgan fingerprint density at radius 3 is 2.00 bits per heavy atom. The van der Waals surface area contributed by atoms with Crippen molar-refractivity contribution >= 4 is 0 Å². The van der Waals surface area contributed by atoms with Crippen molar-refractivity contribution in [3.8, 4) is 0 Å². The van der Waals surface area contributed by atoms with Gasteiger partial charge in [-0.05, 0) is 26.7 Å². The van der Waals surface area contributed by atoms with Crippen molar-refractivity contribution in [1.82, 2.24) is 0 Å². The van der Waals surface area contributed by atoms with Crippen LogP contribution in [0.25, 0.3) is 0 Å². The summed E-state index contributed by atoms with van der Waals surface area (Å²) < 4.78 is 5.40. The van der Waals surface area contributed by atoms with Gasteiger partial charge in [-0.2, -0.15) is 0 Å². The SMILES string of the molecule is CC(C)C(O)COC(C)(C)C. The highest BCUT2D eigenvalue weighted by Gasteiger charge is 2.15. The number of aliphatic hydroxyl groups is 1. The molecule has 0 heterocycles. The molecule has 0 aromatic carbocycles. The molecule has 2 nitrogen and oxygen atoms in total. The van der Waals surface area contributed by atoms with E-state index in [0.29, 0.717) is 6.61 Å². The number of rotatable bonds is 3. The van der Waals surface area contributed by atoms with Crippen LogP contribution in [0.15, 0.2) is 0 Å². The highest BCUT2D eigenvalue weighted by atomic mass is 16.5.